The summed E-state index contributed by atoms with van der Waals surface area (Å²) >= 11 is 0. The van der Waals surface area contributed by atoms with Crippen LogP contribution in [0.1, 0.15) is 49.3 Å². The van der Waals surface area contributed by atoms with Gasteiger partial charge in [-0.15, -0.1) is 0 Å². The quantitative estimate of drug-likeness (QED) is 0.690. The van der Waals surface area contributed by atoms with Crippen LogP contribution in [0.3, 0.4) is 0 Å². The Morgan fingerprint density at radius 3 is 2.81 bits per heavy atom. The van der Waals surface area contributed by atoms with Gasteiger partial charge in [0.05, 0.1) is 0 Å². The van der Waals surface area contributed by atoms with E-state index < -0.39 is 0 Å². The van der Waals surface area contributed by atoms with Gasteiger partial charge in [0.15, 0.2) is 0 Å². The SMILES string of the molecule is Cc1cccc2c1C(C(C)(C)C=O)CCC2. The molecule has 2 rings (SSSR count). The second-order valence-corrected chi connectivity index (χ2v) is 5.53. The molecule has 0 saturated heterocycles. The van der Waals surface area contributed by atoms with Gasteiger partial charge in [0.25, 0.3) is 0 Å². The monoisotopic (exact) mass is 216 g/mol. The van der Waals surface area contributed by atoms with Crippen LogP contribution in [0.4, 0.5) is 0 Å². The third kappa shape index (κ3) is 1.79. The maximum atomic E-state index is 11.2. The smallest absolute Gasteiger partial charge is 0.126 e. The molecule has 1 aliphatic rings. The minimum atomic E-state index is -0.235. The highest BCUT2D eigenvalue weighted by atomic mass is 16.1. The van der Waals surface area contributed by atoms with Crippen LogP contribution in [-0.4, -0.2) is 6.29 Å². The summed E-state index contributed by atoms with van der Waals surface area (Å²) in [7, 11) is 0. The summed E-state index contributed by atoms with van der Waals surface area (Å²) < 4.78 is 0. The van der Waals surface area contributed by atoms with E-state index in [9.17, 15) is 4.79 Å². The van der Waals surface area contributed by atoms with Gasteiger partial charge >= 0.3 is 0 Å². The summed E-state index contributed by atoms with van der Waals surface area (Å²) in [4.78, 5) is 11.2. The van der Waals surface area contributed by atoms with E-state index in [2.05, 4.69) is 39.0 Å². The molecule has 0 N–H and O–H groups in total. The summed E-state index contributed by atoms with van der Waals surface area (Å²) in [6, 6.07) is 6.51. The molecule has 1 atom stereocenters. The Bertz CT molecular complexity index is 404. The highest BCUT2D eigenvalue weighted by Crippen LogP contribution is 2.43. The van der Waals surface area contributed by atoms with Crippen molar-refractivity contribution in [2.45, 2.75) is 46.0 Å². The third-order valence-electron chi connectivity index (χ3n) is 3.90. The summed E-state index contributed by atoms with van der Waals surface area (Å²) in [5.74, 6) is 0.398. The number of hydrogen-bond acceptors (Lipinski definition) is 1. The zero-order chi connectivity index (χ0) is 11.8. The van der Waals surface area contributed by atoms with Crippen LogP contribution in [0.2, 0.25) is 0 Å². The Morgan fingerprint density at radius 2 is 2.12 bits per heavy atom. The van der Waals surface area contributed by atoms with Gasteiger partial charge in [-0.05, 0) is 48.8 Å². The standard InChI is InChI=1S/C15H20O/c1-11-6-4-7-12-8-5-9-13(14(11)12)15(2,3)10-16/h4,6-7,10,13H,5,8-9H2,1-3H3. The van der Waals surface area contributed by atoms with E-state index in [4.69, 9.17) is 0 Å². The highest BCUT2D eigenvalue weighted by Gasteiger charge is 2.34. The zero-order valence-electron chi connectivity index (χ0n) is 10.4. The molecule has 1 aromatic rings. The number of fused-ring (bicyclic) bond motifs is 1. The van der Waals surface area contributed by atoms with Crippen molar-refractivity contribution in [2.75, 3.05) is 0 Å². The molecule has 86 valence electrons. The Kier molecular flexibility index (Phi) is 2.88. The van der Waals surface area contributed by atoms with Crippen molar-refractivity contribution in [3.05, 3.63) is 34.9 Å². The molecule has 1 aliphatic carbocycles. The second-order valence-electron chi connectivity index (χ2n) is 5.53. The first-order valence-corrected chi connectivity index (χ1v) is 6.11. The molecule has 1 heteroatoms. The van der Waals surface area contributed by atoms with E-state index in [0.717, 1.165) is 12.7 Å². The number of aldehydes is 1. The molecular weight excluding hydrogens is 196 g/mol. The molecule has 0 amide bonds. The molecule has 0 aliphatic heterocycles. The second kappa shape index (κ2) is 4.04. The number of rotatable bonds is 2. The average Bonchev–Trinajstić information content (AvgIpc) is 2.29. The predicted octanol–water partition coefficient (Wildman–Crippen LogP) is 3.64. The molecule has 1 unspecified atom stereocenters. The van der Waals surface area contributed by atoms with Gasteiger partial charge in [0, 0.05) is 5.41 Å². The summed E-state index contributed by atoms with van der Waals surface area (Å²) in [6.07, 6.45) is 4.64. The topological polar surface area (TPSA) is 17.1 Å². The van der Waals surface area contributed by atoms with Gasteiger partial charge < -0.3 is 4.79 Å². The maximum absolute atomic E-state index is 11.2. The first-order chi connectivity index (χ1) is 7.56. The number of aryl methyl sites for hydroxylation is 2. The van der Waals surface area contributed by atoms with Crippen LogP contribution in [0.15, 0.2) is 18.2 Å². The Morgan fingerprint density at radius 1 is 1.38 bits per heavy atom. The van der Waals surface area contributed by atoms with Gasteiger partial charge in [-0.1, -0.05) is 32.0 Å². The van der Waals surface area contributed by atoms with Crippen molar-refractivity contribution < 1.29 is 4.79 Å². The van der Waals surface area contributed by atoms with E-state index in [1.165, 1.54) is 29.5 Å². The minimum absolute atomic E-state index is 0.235. The Labute approximate surface area is 97.9 Å². The van der Waals surface area contributed by atoms with E-state index >= 15 is 0 Å². The third-order valence-corrected chi connectivity index (χ3v) is 3.90. The van der Waals surface area contributed by atoms with Crippen molar-refractivity contribution in [3.8, 4) is 0 Å². The van der Waals surface area contributed by atoms with Crippen LogP contribution < -0.4 is 0 Å². The Balaban J connectivity index is 2.51. The van der Waals surface area contributed by atoms with Gasteiger partial charge in [0.2, 0.25) is 0 Å². The fourth-order valence-corrected chi connectivity index (χ4v) is 2.93. The van der Waals surface area contributed by atoms with E-state index in [-0.39, 0.29) is 5.41 Å². The average molecular weight is 216 g/mol. The summed E-state index contributed by atoms with van der Waals surface area (Å²) in [5, 5.41) is 0. The summed E-state index contributed by atoms with van der Waals surface area (Å²) in [6.45, 7) is 6.29. The lowest BCUT2D eigenvalue weighted by molar-refractivity contribution is -0.115. The fourth-order valence-electron chi connectivity index (χ4n) is 2.93. The van der Waals surface area contributed by atoms with Gasteiger partial charge in [-0.25, -0.2) is 0 Å². The lowest BCUT2D eigenvalue weighted by atomic mass is 9.68. The molecular formula is C15H20O. The largest absolute Gasteiger partial charge is 0.303 e. The lowest BCUT2D eigenvalue weighted by Gasteiger charge is -2.35. The van der Waals surface area contributed by atoms with Crippen molar-refractivity contribution in [3.63, 3.8) is 0 Å². The van der Waals surface area contributed by atoms with Crippen LogP contribution in [-0.2, 0) is 11.2 Å². The molecule has 0 radical (unpaired) electrons. The Hall–Kier alpha value is -1.11. The van der Waals surface area contributed by atoms with E-state index in [1.54, 1.807) is 0 Å². The van der Waals surface area contributed by atoms with Crippen LogP contribution in [0.25, 0.3) is 0 Å². The lowest BCUT2D eigenvalue weighted by Crippen LogP contribution is -2.27. The molecule has 0 bridgehead atoms. The van der Waals surface area contributed by atoms with Crippen LogP contribution >= 0.6 is 0 Å². The zero-order valence-corrected chi connectivity index (χ0v) is 10.4. The molecule has 0 aromatic heterocycles. The minimum Gasteiger partial charge on any atom is -0.303 e. The van der Waals surface area contributed by atoms with Gasteiger partial charge in [-0.3, -0.25) is 0 Å². The van der Waals surface area contributed by atoms with Gasteiger partial charge in [0.1, 0.15) is 6.29 Å². The van der Waals surface area contributed by atoms with Crippen molar-refractivity contribution in [2.24, 2.45) is 5.41 Å². The fraction of sp³-hybridized carbons (Fsp3) is 0.533. The molecule has 0 heterocycles. The van der Waals surface area contributed by atoms with E-state index in [0.29, 0.717) is 5.92 Å². The first-order valence-electron chi connectivity index (χ1n) is 6.11. The van der Waals surface area contributed by atoms with E-state index in [1.807, 2.05) is 0 Å². The van der Waals surface area contributed by atoms with Crippen molar-refractivity contribution in [1.82, 2.24) is 0 Å². The van der Waals surface area contributed by atoms with Gasteiger partial charge in [-0.2, -0.15) is 0 Å². The molecule has 16 heavy (non-hydrogen) atoms. The highest BCUT2D eigenvalue weighted by molar-refractivity contribution is 5.61. The molecule has 1 nitrogen and oxygen atoms in total. The van der Waals surface area contributed by atoms with Crippen molar-refractivity contribution in [1.29, 1.82) is 0 Å². The summed E-state index contributed by atoms with van der Waals surface area (Å²) in [5.41, 5.74) is 4.00. The normalized spacial score (nSPS) is 20.3. The number of hydrogen-bond donors (Lipinski definition) is 0. The maximum Gasteiger partial charge on any atom is 0.126 e. The predicted molar refractivity (Wildman–Crippen MR) is 66.7 cm³/mol. The van der Waals surface area contributed by atoms with Crippen LogP contribution in [0, 0.1) is 12.3 Å². The van der Waals surface area contributed by atoms with Crippen molar-refractivity contribution >= 4 is 6.29 Å². The first kappa shape index (κ1) is 11.4. The molecule has 0 fully saturated rings. The number of benzene rings is 1. The molecule has 0 spiro atoms. The molecule has 0 saturated carbocycles. The number of carbonyl (C=O) groups is 1. The van der Waals surface area contributed by atoms with Crippen LogP contribution in [0.5, 0.6) is 0 Å². The molecule has 1 aromatic carbocycles. The number of carbonyl (C=O) groups excluding carboxylic acids is 1.